The first-order valence-electron chi connectivity index (χ1n) is 33.8. The van der Waals surface area contributed by atoms with Gasteiger partial charge in [0.05, 0.1) is 58.9 Å². The first-order chi connectivity index (χ1) is 50.6. The molecule has 4 aromatic carbocycles. The lowest BCUT2D eigenvalue weighted by atomic mass is 10.0. The third kappa shape index (κ3) is 45.9. The molecule has 0 aromatic heterocycles. The molecule has 4 aromatic rings. The Morgan fingerprint density at radius 3 is 1.19 bits per heavy atom. The summed E-state index contributed by atoms with van der Waals surface area (Å²) in [6.45, 7) is 16.9. The van der Waals surface area contributed by atoms with Gasteiger partial charge in [0.25, 0.3) is 30.7 Å². The molecule has 2 saturated heterocycles. The second-order valence-electron chi connectivity index (χ2n) is 26.2. The van der Waals surface area contributed by atoms with Crippen LogP contribution in [0.15, 0.2) is 97.1 Å². The van der Waals surface area contributed by atoms with Gasteiger partial charge in [-0.1, -0.05) is 125 Å². The van der Waals surface area contributed by atoms with Crippen molar-refractivity contribution in [3.05, 3.63) is 153 Å². The molecule has 594 valence electrons. The molecule has 0 aliphatic carbocycles. The van der Waals surface area contributed by atoms with Crippen LogP contribution < -0.4 is 58.9 Å². The first kappa shape index (κ1) is 94.9. The van der Waals surface area contributed by atoms with Gasteiger partial charge in [-0.25, -0.2) is 0 Å². The molecular weight excluding hydrogens is 1410 g/mol. The molecule has 2 heterocycles. The Bertz CT molecular complexity index is 3430. The number of ether oxygens (including phenoxy) is 2. The third-order valence-electron chi connectivity index (χ3n) is 13.9. The fraction of sp³-hybridized carbons (Fsp3) is 0.458. The third-order valence-corrected chi connectivity index (χ3v) is 13.9. The molecule has 0 spiro atoms. The Morgan fingerprint density at radius 2 is 0.824 bits per heavy atom. The van der Waals surface area contributed by atoms with Crippen molar-refractivity contribution in [2.45, 2.75) is 156 Å². The van der Waals surface area contributed by atoms with Crippen molar-refractivity contribution in [1.29, 1.82) is 0 Å². The fourth-order valence-electron chi connectivity index (χ4n) is 8.11. The van der Waals surface area contributed by atoms with E-state index in [1.165, 1.54) is 0 Å². The largest absolute Gasteiger partial charge is 0.667 e. The molecule has 0 radical (unpaired) electrons. The van der Waals surface area contributed by atoms with Crippen LogP contribution in [0.3, 0.4) is 0 Å². The summed E-state index contributed by atoms with van der Waals surface area (Å²) in [5.41, 5.74) is 26.7. The number of nitrogens with zero attached hydrogens (tertiary/aromatic N) is 1. The van der Waals surface area contributed by atoms with Gasteiger partial charge in [0.1, 0.15) is 17.2 Å². The number of hydroxylamine groups is 2. The van der Waals surface area contributed by atoms with Gasteiger partial charge in [0.2, 0.25) is 53.2 Å². The zero-order valence-corrected chi connectivity index (χ0v) is 62.3. The smallest absolute Gasteiger partial charge is 0.316 e. The number of hydrogen-bond donors (Lipinski definition) is 15. The van der Waals surface area contributed by atoms with E-state index in [0.29, 0.717) is 24.4 Å². The van der Waals surface area contributed by atoms with Gasteiger partial charge < -0.3 is 105 Å². The van der Waals surface area contributed by atoms with Gasteiger partial charge >= 0.3 is 5.97 Å². The average molecular weight is 1520 g/mol. The van der Waals surface area contributed by atoms with Crippen molar-refractivity contribution < 1.29 is 112 Å². The van der Waals surface area contributed by atoms with Gasteiger partial charge in [-0.05, 0) is 110 Å². The lowest BCUT2D eigenvalue weighted by molar-refractivity contribution is -0.403. The van der Waals surface area contributed by atoms with Crippen molar-refractivity contribution in [3.63, 3.8) is 0 Å². The average Bonchev–Trinajstić information content (AvgIpc) is 1.78. The first-order valence-corrected chi connectivity index (χ1v) is 33.8. The van der Waals surface area contributed by atoms with Crippen molar-refractivity contribution >= 4 is 89.8 Å². The molecule has 36 nitrogen and oxygen atoms in total. The lowest BCUT2D eigenvalue weighted by Crippen LogP contribution is -2.68. The van der Waals surface area contributed by atoms with Crippen LogP contribution >= 0.6 is 0 Å². The summed E-state index contributed by atoms with van der Waals surface area (Å²) >= 11 is 0. The number of aliphatic hydroxyl groups is 4. The maximum atomic E-state index is 12.3. The van der Waals surface area contributed by atoms with Crippen LogP contribution in [0.5, 0.6) is 0 Å². The highest BCUT2D eigenvalue weighted by Gasteiger charge is 2.33. The van der Waals surface area contributed by atoms with E-state index >= 15 is 0 Å². The second kappa shape index (κ2) is 50.4. The maximum Gasteiger partial charge on any atom is 0.316 e. The number of carbonyl (C=O) groups is 15. The van der Waals surface area contributed by atoms with E-state index in [-0.39, 0.29) is 108 Å². The van der Waals surface area contributed by atoms with E-state index in [1.807, 2.05) is 166 Å². The molecular formula is C72H103N14O22-. The van der Waals surface area contributed by atoms with Crippen LogP contribution in [0, 0.1) is 27.7 Å². The molecule has 0 saturated carbocycles. The van der Waals surface area contributed by atoms with E-state index in [0.717, 1.165) is 44.5 Å². The zero-order valence-electron chi connectivity index (χ0n) is 62.3. The molecule has 12 amide bonds. The van der Waals surface area contributed by atoms with Gasteiger partial charge in [0.15, 0.2) is 18.6 Å². The minimum atomic E-state index is -1.67. The van der Waals surface area contributed by atoms with E-state index < -0.39 is 108 Å². The number of benzene rings is 4. The Hall–Kier alpha value is -11.2. The van der Waals surface area contributed by atoms with Crippen molar-refractivity contribution in [3.8, 4) is 0 Å². The van der Waals surface area contributed by atoms with Gasteiger partial charge in [0, 0.05) is 25.7 Å². The topological polar surface area (TPSA) is 563 Å². The molecule has 19 N–H and O–H groups in total. The number of hydrogen-bond acceptors (Lipinski definition) is 22. The molecule has 108 heavy (non-hydrogen) atoms. The molecule has 2 aliphatic heterocycles. The SMILES string of the molecule is CC(C)(C)OC=O.CC(C)(C)OC=O.Cc1ccc(CC([NH-])C(=O)NCC(=O)NCC(=O)NCC(O)O)cc1.Cc1ccc(CC([NH-])C(=O)ON2C(=O)CCC2=O)cc1.Cc1ccc(CC([NH3+])C(=O)NCC(=O)NCC(=O)NCC(O)O)cc1.Cc1ccc(CC2NC(=O)CNC(=O)CNC(=O)CNC2=O)cc1. The molecule has 4 unspecified atom stereocenters. The number of quaternary nitrogens is 1. The van der Waals surface area contributed by atoms with Crippen LogP contribution in [0.2, 0.25) is 0 Å². The summed E-state index contributed by atoms with van der Waals surface area (Å²) < 4.78 is 9.10. The number of nitrogens with one attached hydrogen (secondary N) is 12. The summed E-state index contributed by atoms with van der Waals surface area (Å²) in [6.07, 6.45) is -2.07. The summed E-state index contributed by atoms with van der Waals surface area (Å²) in [7, 11) is 0. The zero-order chi connectivity index (χ0) is 81.7. The standard InChI is InChI=1S/C16H24N4O5.C16H23N4O5.C16H20N4O4.C14H15N2O4.2C5H10O2/c2*1-10-2-4-11(5-3-10)6-12(17)16(25)20-8-14(22)18-7-13(21)19-9-15(23)24;1-10-2-4-11(5-3-10)6-12-16(24)19-8-14(22)17-7-13(21)18-9-15(23)20-12;1-9-2-4-10(5-3-9)8-11(15)14(19)20-16-12(17)6-7-13(16)18;2*1-5(2,3)7-4-6/h2-5,12,15,23-24H,6-9,17H2,1H3,(H,18,22)(H,19,21)(H,20,25);2-5,12,15,17,23-24H,6-9H2,1H3,(H,18,22)(H,19,21)(H,20,25);2-5,12H,6-9H2,1H3,(H,17,22)(H,18,21)(H,19,24)(H,20,23);2-5,11,15H,6-8H2,1H3;2*4H,1-3H3/q;-1;;-1;;/p+1. The minimum absolute atomic E-state index is 0.0484. The van der Waals surface area contributed by atoms with E-state index in [2.05, 4.69) is 68.4 Å². The highest BCUT2D eigenvalue weighted by atomic mass is 16.7. The van der Waals surface area contributed by atoms with Crippen LogP contribution in [-0.4, -0.2) is 222 Å². The minimum Gasteiger partial charge on any atom is -0.667 e. The molecule has 36 heteroatoms. The number of amides is 12. The number of carbonyl (C=O) groups excluding carboxylic acids is 15. The predicted molar refractivity (Wildman–Crippen MR) is 389 cm³/mol. The van der Waals surface area contributed by atoms with Crippen molar-refractivity contribution in [1.82, 2.24) is 58.2 Å². The lowest BCUT2D eigenvalue weighted by Gasteiger charge is -2.21. The van der Waals surface area contributed by atoms with Gasteiger partial charge in [-0.3, -0.25) is 71.9 Å². The highest BCUT2D eigenvalue weighted by molar-refractivity contribution is 6.02. The summed E-state index contributed by atoms with van der Waals surface area (Å²) in [6, 6.07) is 26.7. The van der Waals surface area contributed by atoms with E-state index in [9.17, 15) is 71.9 Å². The number of aliphatic hydroxyl groups excluding tert-OH is 2. The summed E-state index contributed by atoms with van der Waals surface area (Å²) in [4.78, 5) is 175. The normalized spacial score (nSPS) is 14.3. The molecule has 6 rings (SSSR count). The Morgan fingerprint density at radius 1 is 0.491 bits per heavy atom. The van der Waals surface area contributed by atoms with E-state index in [1.54, 1.807) is 0 Å². The van der Waals surface area contributed by atoms with Crippen molar-refractivity contribution in [2.75, 3.05) is 58.9 Å². The molecule has 2 aliphatic rings. The number of rotatable bonds is 26. The van der Waals surface area contributed by atoms with Crippen LogP contribution in [0.25, 0.3) is 11.5 Å². The monoisotopic (exact) mass is 1520 g/mol. The van der Waals surface area contributed by atoms with Gasteiger partial charge in [-0.15, -0.1) is 5.06 Å². The molecule has 2 fully saturated rings. The number of imide groups is 1. The summed E-state index contributed by atoms with van der Waals surface area (Å²) in [5, 5.41) is 58.4. The predicted octanol–water partition coefficient (Wildman–Crippen LogP) is -2.71. The second-order valence-corrected chi connectivity index (χ2v) is 26.2. The Balaban J connectivity index is 0.000000679. The van der Waals surface area contributed by atoms with Crippen LogP contribution in [-0.2, 0) is 112 Å². The van der Waals surface area contributed by atoms with E-state index in [4.69, 9.17) is 36.7 Å². The van der Waals surface area contributed by atoms with Crippen LogP contribution in [0.4, 0.5) is 0 Å². The van der Waals surface area contributed by atoms with Gasteiger partial charge in [-0.2, -0.15) is 0 Å². The molecule has 0 bridgehead atoms. The van der Waals surface area contributed by atoms with Crippen molar-refractivity contribution in [2.24, 2.45) is 0 Å². The molecule has 4 atom stereocenters. The quantitative estimate of drug-likeness (QED) is 0.0173. The summed E-state index contributed by atoms with van der Waals surface area (Å²) in [5.74, 6) is -7.05. The highest BCUT2D eigenvalue weighted by Crippen LogP contribution is 2.16. The fourth-order valence-corrected chi connectivity index (χ4v) is 8.11. The maximum absolute atomic E-state index is 12.3. The Kier molecular flexibility index (Phi) is 44.2. The van der Waals surface area contributed by atoms with Crippen LogP contribution in [0.1, 0.15) is 98.9 Å². The number of aryl methyl sites for hydroxylation is 4. The Labute approximate surface area is 625 Å².